The molecule has 0 aromatic rings. The minimum Gasteiger partial charge on any atom is -0.465 e. The number of esters is 2. The highest BCUT2D eigenvalue weighted by atomic mass is 16.6. The van der Waals surface area contributed by atoms with Gasteiger partial charge in [0, 0.05) is 0 Å². The quantitative estimate of drug-likeness (QED) is 0.163. The second-order valence-corrected chi connectivity index (χ2v) is 7.30. The van der Waals surface area contributed by atoms with Gasteiger partial charge in [0.05, 0.1) is 13.2 Å². The van der Waals surface area contributed by atoms with Crippen molar-refractivity contribution in [1.29, 1.82) is 0 Å². The number of carbonyl (C=O) groups is 2. The first-order valence-electron chi connectivity index (χ1n) is 11.0. The molecule has 4 heteroatoms. The highest BCUT2D eigenvalue weighted by Gasteiger charge is 2.24. The summed E-state index contributed by atoms with van der Waals surface area (Å²) in [4.78, 5) is 23.7. The molecule has 0 aromatic heterocycles. The maximum Gasteiger partial charge on any atom is 0.320 e. The van der Waals surface area contributed by atoms with Crippen LogP contribution in [-0.2, 0) is 19.1 Å². The zero-order valence-electron chi connectivity index (χ0n) is 17.5. The van der Waals surface area contributed by atoms with Crippen LogP contribution in [-0.4, -0.2) is 25.2 Å². The van der Waals surface area contributed by atoms with Crippen molar-refractivity contribution in [3.63, 3.8) is 0 Å². The average Bonchev–Trinajstić information content (AvgIpc) is 2.65. The van der Waals surface area contributed by atoms with Gasteiger partial charge in [-0.05, 0) is 19.8 Å². The number of ether oxygens (including phenoxy) is 2. The number of hydrogen-bond acceptors (Lipinski definition) is 4. The van der Waals surface area contributed by atoms with Gasteiger partial charge >= 0.3 is 11.9 Å². The van der Waals surface area contributed by atoms with Crippen molar-refractivity contribution in [2.75, 3.05) is 13.2 Å². The van der Waals surface area contributed by atoms with E-state index in [9.17, 15) is 9.59 Å². The van der Waals surface area contributed by atoms with Crippen LogP contribution >= 0.6 is 0 Å². The maximum atomic E-state index is 11.9. The van der Waals surface area contributed by atoms with Crippen LogP contribution < -0.4 is 0 Å². The van der Waals surface area contributed by atoms with Gasteiger partial charge in [0.25, 0.3) is 0 Å². The number of carbonyl (C=O) groups excluding carboxylic acids is 2. The van der Waals surface area contributed by atoms with Gasteiger partial charge in [0.1, 0.15) is 0 Å². The summed E-state index contributed by atoms with van der Waals surface area (Å²) in [7, 11) is 0. The molecule has 0 rings (SSSR count). The summed E-state index contributed by atoms with van der Waals surface area (Å²) >= 11 is 0. The molecule has 0 aromatic carbocycles. The summed E-state index contributed by atoms with van der Waals surface area (Å²) in [5, 5.41) is 0. The van der Waals surface area contributed by atoms with E-state index in [2.05, 4.69) is 13.8 Å². The second-order valence-electron chi connectivity index (χ2n) is 7.30. The summed E-state index contributed by atoms with van der Waals surface area (Å²) in [6.07, 6.45) is 16.5. The Morgan fingerprint density at radius 2 is 0.885 bits per heavy atom. The fourth-order valence-electron chi connectivity index (χ4n) is 2.81. The highest BCUT2D eigenvalue weighted by Crippen LogP contribution is 2.10. The standard InChI is InChI=1S/C22H42O4/c1-4-6-8-10-12-13-15-17-19-26-22(24)20(3)21(23)25-18-16-14-11-9-7-5-2/h20H,4-19H2,1-3H3. The lowest BCUT2D eigenvalue weighted by atomic mass is 10.1. The van der Waals surface area contributed by atoms with Crippen molar-refractivity contribution in [1.82, 2.24) is 0 Å². The van der Waals surface area contributed by atoms with Crippen molar-refractivity contribution >= 4 is 11.9 Å². The molecule has 0 aliphatic heterocycles. The van der Waals surface area contributed by atoms with Crippen molar-refractivity contribution in [3.05, 3.63) is 0 Å². The summed E-state index contributed by atoms with van der Waals surface area (Å²) in [6, 6.07) is 0. The first-order valence-corrected chi connectivity index (χ1v) is 11.0. The van der Waals surface area contributed by atoms with Gasteiger partial charge in [-0.25, -0.2) is 0 Å². The first-order chi connectivity index (χ1) is 12.6. The zero-order chi connectivity index (χ0) is 19.5. The van der Waals surface area contributed by atoms with Crippen LogP contribution in [0.3, 0.4) is 0 Å². The zero-order valence-corrected chi connectivity index (χ0v) is 17.5. The number of hydrogen-bond donors (Lipinski definition) is 0. The van der Waals surface area contributed by atoms with E-state index in [1.807, 2.05) is 0 Å². The van der Waals surface area contributed by atoms with Gasteiger partial charge in [0.2, 0.25) is 0 Å². The lowest BCUT2D eigenvalue weighted by molar-refractivity contribution is -0.161. The molecule has 0 fully saturated rings. The number of rotatable bonds is 18. The van der Waals surface area contributed by atoms with Crippen LogP contribution in [0.1, 0.15) is 111 Å². The SMILES string of the molecule is CCCCCCCCCCOC(=O)C(C)C(=O)OCCCCCCCC. The van der Waals surface area contributed by atoms with Gasteiger partial charge in [-0.1, -0.05) is 90.9 Å². The molecule has 4 nitrogen and oxygen atoms in total. The Balaban J connectivity index is 3.55. The Bertz CT molecular complexity index is 341. The van der Waals surface area contributed by atoms with Gasteiger partial charge in [0.15, 0.2) is 5.92 Å². The van der Waals surface area contributed by atoms with Crippen LogP contribution in [0.15, 0.2) is 0 Å². The first kappa shape index (κ1) is 24.9. The normalized spacial score (nSPS) is 12.0. The molecule has 0 radical (unpaired) electrons. The Labute approximate surface area is 161 Å². The third-order valence-electron chi connectivity index (χ3n) is 4.69. The van der Waals surface area contributed by atoms with E-state index in [0.29, 0.717) is 13.2 Å². The molecule has 0 amide bonds. The summed E-state index contributed by atoms with van der Waals surface area (Å²) in [6.45, 7) is 6.79. The molecule has 154 valence electrons. The molecule has 0 aliphatic carbocycles. The Morgan fingerprint density at radius 1 is 0.577 bits per heavy atom. The molecule has 1 unspecified atom stereocenters. The predicted molar refractivity (Wildman–Crippen MR) is 107 cm³/mol. The van der Waals surface area contributed by atoms with Gasteiger partial charge in [-0.3, -0.25) is 9.59 Å². The maximum absolute atomic E-state index is 11.9. The molecule has 0 bridgehead atoms. The molecule has 0 spiro atoms. The Morgan fingerprint density at radius 3 is 1.23 bits per heavy atom. The fraction of sp³-hybridized carbons (Fsp3) is 0.909. The molecule has 1 atom stereocenters. The van der Waals surface area contributed by atoms with E-state index in [1.54, 1.807) is 6.92 Å². The minimum atomic E-state index is -0.816. The van der Waals surface area contributed by atoms with Crippen LogP contribution in [0.2, 0.25) is 0 Å². The highest BCUT2D eigenvalue weighted by molar-refractivity contribution is 5.94. The smallest absolute Gasteiger partial charge is 0.320 e. The summed E-state index contributed by atoms with van der Waals surface area (Å²) in [5.74, 6) is -1.73. The van der Waals surface area contributed by atoms with Gasteiger partial charge < -0.3 is 9.47 Å². The molecular weight excluding hydrogens is 328 g/mol. The molecule has 0 saturated carbocycles. The molecular formula is C22H42O4. The van der Waals surface area contributed by atoms with E-state index in [4.69, 9.17) is 9.47 Å². The monoisotopic (exact) mass is 370 g/mol. The van der Waals surface area contributed by atoms with E-state index in [0.717, 1.165) is 25.7 Å². The largest absolute Gasteiger partial charge is 0.465 e. The van der Waals surface area contributed by atoms with Crippen LogP contribution in [0.25, 0.3) is 0 Å². The third-order valence-corrected chi connectivity index (χ3v) is 4.69. The predicted octanol–water partition coefficient (Wildman–Crippen LogP) is 6.21. The van der Waals surface area contributed by atoms with Crippen molar-refractivity contribution in [2.24, 2.45) is 5.92 Å². The van der Waals surface area contributed by atoms with E-state index >= 15 is 0 Å². The second kappa shape index (κ2) is 18.7. The molecule has 0 heterocycles. The van der Waals surface area contributed by atoms with Crippen molar-refractivity contribution < 1.29 is 19.1 Å². The van der Waals surface area contributed by atoms with E-state index in [-0.39, 0.29) is 0 Å². The van der Waals surface area contributed by atoms with E-state index in [1.165, 1.54) is 64.2 Å². The van der Waals surface area contributed by atoms with Gasteiger partial charge in [-0.15, -0.1) is 0 Å². The number of unbranched alkanes of at least 4 members (excludes halogenated alkanes) is 12. The topological polar surface area (TPSA) is 52.6 Å². The summed E-state index contributed by atoms with van der Waals surface area (Å²) in [5.41, 5.74) is 0. The Hall–Kier alpha value is -1.06. The molecule has 0 N–H and O–H groups in total. The molecule has 0 saturated heterocycles. The average molecular weight is 371 g/mol. The summed E-state index contributed by atoms with van der Waals surface area (Å²) < 4.78 is 10.4. The third kappa shape index (κ3) is 15.2. The fourth-order valence-corrected chi connectivity index (χ4v) is 2.81. The lowest BCUT2D eigenvalue weighted by Crippen LogP contribution is -2.26. The van der Waals surface area contributed by atoms with E-state index < -0.39 is 17.9 Å². The molecule has 26 heavy (non-hydrogen) atoms. The Kier molecular flexibility index (Phi) is 18.0. The van der Waals surface area contributed by atoms with Crippen molar-refractivity contribution in [2.45, 2.75) is 111 Å². The van der Waals surface area contributed by atoms with Crippen LogP contribution in [0.5, 0.6) is 0 Å². The molecule has 0 aliphatic rings. The van der Waals surface area contributed by atoms with Crippen molar-refractivity contribution in [3.8, 4) is 0 Å². The van der Waals surface area contributed by atoms with Gasteiger partial charge in [-0.2, -0.15) is 0 Å². The van der Waals surface area contributed by atoms with Crippen LogP contribution in [0.4, 0.5) is 0 Å². The minimum absolute atomic E-state index is 0.403. The van der Waals surface area contributed by atoms with Crippen LogP contribution in [0, 0.1) is 5.92 Å². The lowest BCUT2D eigenvalue weighted by Gasteiger charge is -2.11.